The van der Waals surface area contributed by atoms with Crippen LogP contribution in [-0.4, -0.2) is 15.6 Å². The van der Waals surface area contributed by atoms with Gasteiger partial charge in [-0.2, -0.15) is 0 Å². The zero-order valence-electron chi connectivity index (χ0n) is 12.3. The van der Waals surface area contributed by atoms with Gasteiger partial charge in [-0.05, 0) is 54.3 Å². The average molecular weight is 279 g/mol. The van der Waals surface area contributed by atoms with Crippen LogP contribution in [0.1, 0.15) is 21.6 Å². The van der Waals surface area contributed by atoms with Gasteiger partial charge in [-0.3, -0.25) is 0 Å². The third-order valence-corrected chi connectivity index (χ3v) is 4.10. The van der Waals surface area contributed by atoms with Crippen molar-refractivity contribution >= 4 is 16.9 Å². The maximum Gasteiger partial charge on any atom is 0.352 e. The molecule has 0 spiro atoms. The summed E-state index contributed by atoms with van der Waals surface area (Å²) in [7, 11) is 1.78. The number of aryl methyl sites for hydroxylation is 3. The summed E-state index contributed by atoms with van der Waals surface area (Å²) < 4.78 is 1.71. The van der Waals surface area contributed by atoms with Crippen LogP contribution in [0.2, 0.25) is 0 Å². The predicted molar refractivity (Wildman–Crippen MR) is 84.8 cm³/mol. The molecule has 1 aromatic heterocycles. The summed E-state index contributed by atoms with van der Waals surface area (Å²) in [5, 5.41) is 10.1. The normalized spacial score (nSPS) is 11.0. The van der Waals surface area contributed by atoms with Crippen LogP contribution < -0.4 is 0 Å². The maximum absolute atomic E-state index is 11.2. The Morgan fingerprint density at radius 2 is 1.62 bits per heavy atom. The Hall–Kier alpha value is -2.55. The molecule has 0 unspecified atom stereocenters. The van der Waals surface area contributed by atoms with E-state index in [1.165, 1.54) is 11.1 Å². The third kappa shape index (κ3) is 2.21. The number of aromatic carboxylic acids is 1. The largest absolute Gasteiger partial charge is 0.477 e. The minimum Gasteiger partial charge on any atom is -0.477 e. The Morgan fingerprint density at radius 3 is 2.29 bits per heavy atom. The number of hydrogen-bond donors (Lipinski definition) is 1. The predicted octanol–water partition coefficient (Wildman–Crippen LogP) is 4.16. The Kier molecular flexibility index (Phi) is 3.05. The van der Waals surface area contributed by atoms with E-state index in [1.807, 2.05) is 18.2 Å². The molecule has 3 heteroatoms. The standard InChI is InChI=1S/C18H17NO2/c1-11-4-5-13(8-12(11)2)14-6-7-16-15(9-14)10-17(18(20)21)19(16)3/h4-10H,1-3H3,(H,20,21). The molecule has 106 valence electrons. The minimum atomic E-state index is -0.901. The van der Waals surface area contributed by atoms with E-state index in [1.54, 1.807) is 17.7 Å². The van der Waals surface area contributed by atoms with Crippen molar-refractivity contribution in [1.82, 2.24) is 4.57 Å². The van der Waals surface area contributed by atoms with Crippen molar-refractivity contribution in [3.63, 3.8) is 0 Å². The first kappa shape index (κ1) is 13.4. The molecule has 3 rings (SSSR count). The monoisotopic (exact) mass is 279 g/mol. The van der Waals surface area contributed by atoms with Gasteiger partial charge in [0.25, 0.3) is 0 Å². The number of benzene rings is 2. The van der Waals surface area contributed by atoms with Crippen LogP contribution in [0.4, 0.5) is 0 Å². The van der Waals surface area contributed by atoms with E-state index in [0.29, 0.717) is 5.69 Å². The molecule has 21 heavy (non-hydrogen) atoms. The number of carboxylic acid groups (broad SMARTS) is 1. The van der Waals surface area contributed by atoms with Gasteiger partial charge in [-0.25, -0.2) is 4.79 Å². The van der Waals surface area contributed by atoms with Crippen LogP contribution >= 0.6 is 0 Å². The first-order valence-electron chi connectivity index (χ1n) is 6.88. The molecule has 0 bridgehead atoms. The van der Waals surface area contributed by atoms with E-state index in [-0.39, 0.29) is 0 Å². The Balaban J connectivity index is 2.16. The SMILES string of the molecule is Cc1ccc(-c2ccc3c(c2)cc(C(=O)O)n3C)cc1C. The molecule has 0 aliphatic rings. The lowest BCUT2D eigenvalue weighted by Gasteiger charge is -2.06. The lowest BCUT2D eigenvalue weighted by molar-refractivity contribution is 0.0687. The smallest absolute Gasteiger partial charge is 0.352 e. The molecule has 0 atom stereocenters. The number of carboxylic acids is 1. The topological polar surface area (TPSA) is 42.2 Å². The molecule has 0 aliphatic carbocycles. The summed E-state index contributed by atoms with van der Waals surface area (Å²) in [5.74, 6) is -0.901. The summed E-state index contributed by atoms with van der Waals surface area (Å²) >= 11 is 0. The van der Waals surface area contributed by atoms with Crippen molar-refractivity contribution < 1.29 is 9.90 Å². The van der Waals surface area contributed by atoms with Gasteiger partial charge in [0.15, 0.2) is 0 Å². The highest BCUT2D eigenvalue weighted by Crippen LogP contribution is 2.27. The lowest BCUT2D eigenvalue weighted by Crippen LogP contribution is -2.03. The molecule has 1 N–H and O–H groups in total. The molecule has 2 aromatic carbocycles. The highest BCUT2D eigenvalue weighted by Gasteiger charge is 2.12. The van der Waals surface area contributed by atoms with Gasteiger partial charge in [0.1, 0.15) is 5.69 Å². The van der Waals surface area contributed by atoms with Crippen LogP contribution in [0.3, 0.4) is 0 Å². The van der Waals surface area contributed by atoms with Gasteiger partial charge in [0, 0.05) is 18.0 Å². The molecule has 0 saturated heterocycles. The van der Waals surface area contributed by atoms with Gasteiger partial charge in [-0.15, -0.1) is 0 Å². The first-order chi connectivity index (χ1) is 9.97. The number of aromatic nitrogens is 1. The molecular formula is C18H17NO2. The summed E-state index contributed by atoms with van der Waals surface area (Å²) in [6.45, 7) is 4.20. The van der Waals surface area contributed by atoms with E-state index >= 15 is 0 Å². The molecule has 3 aromatic rings. The summed E-state index contributed by atoms with van der Waals surface area (Å²) in [4.78, 5) is 11.2. The molecule has 0 radical (unpaired) electrons. The van der Waals surface area contributed by atoms with E-state index in [4.69, 9.17) is 0 Å². The van der Waals surface area contributed by atoms with E-state index in [9.17, 15) is 9.90 Å². The zero-order chi connectivity index (χ0) is 15.1. The van der Waals surface area contributed by atoms with Crippen molar-refractivity contribution in [2.45, 2.75) is 13.8 Å². The van der Waals surface area contributed by atoms with Gasteiger partial charge in [0.05, 0.1) is 0 Å². The second kappa shape index (κ2) is 4.77. The molecule has 3 nitrogen and oxygen atoms in total. The first-order valence-corrected chi connectivity index (χ1v) is 6.88. The van der Waals surface area contributed by atoms with Gasteiger partial charge < -0.3 is 9.67 Å². The van der Waals surface area contributed by atoms with Crippen LogP contribution in [0.25, 0.3) is 22.0 Å². The average Bonchev–Trinajstić information content (AvgIpc) is 2.79. The van der Waals surface area contributed by atoms with Crippen LogP contribution in [-0.2, 0) is 7.05 Å². The molecule has 0 amide bonds. The number of nitrogens with zero attached hydrogens (tertiary/aromatic N) is 1. The Bertz CT molecular complexity index is 859. The van der Waals surface area contributed by atoms with E-state index < -0.39 is 5.97 Å². The second-order valence-corrected chi connectivity index (χ2v) is 5.47. The third-order valence-electron chi connectivity index (χ3n) is 4.10. The minimum absolute atomic E-state index is 0.308. The van der Waals surface area contributed by atoms with Crippen LogP contribution in [0.5, 0.6) is 0 Å². The quantitative estimate of drug-likeness (QED) is 0.765. The number of fused-ring (bicyclic) bond motifs is 1. The molecule has 0 aliphatic heterocycles. The number of rotatable bonds is 2. The van der Waals surface area contributed by atoms with Gasteiger partial charge in [-0.1, -0.05) is 24.3 Å². The van der Waals surface area contributed by atoms with Crippen molar-refractivity contribution in [3.05, 3.63) is 59.3 Å². The van der Waals surface area contributed by atoms with Crippen molar-refractivity contribution in [3.8, 4) is 11.1 Å². The second-order valence-electron chi connectivity index (χ2n) is 5.47. The van der Waals surface area contributed by atoms with E-state index in [0.717, 1.165) is 22.0 Å². The fourth-order valence-corrected chi connectivity index (χ4v) is 2.66. The number of hydrogen-bond acceptors (Lipinski definition) is 1. The van der Waals surface area contributed by atoms with Crippen molar-refractivity contribution in [2.75, 3.05) is 0 Å². The zero-order valence-corrected chi connectivity index (χ0v) is 12.3. The summed E-state index contributed by atoms with van der Waals surface area (Å²) in [6.07, 6.45) is 0. The molecular weight excluding hydrogens is 262 g/mol. The molecule has 0 saturated carbocycles. The summed E-state index contributed by atoms with van der Waals surface area (Å²) in [5.41, 5.74) is 6.02. The Labute approximate surface area is 123 Å². The highest BCUT2D eigenvalue weighted by atomic mass is 16.4. The lowest BCUT2D eigenvalue weighted by atomic mass is 9.99. The van der Waals surface area contributed by atoms with Crippen molar-refractivity contribution in [2.24, 2.45) is 7.05 Å². The van der Waals surface area contributed by atoms with E-state index in [2.05, 4.69) is 32.0 Å². The van der Waals surface area contributed by atoms with Crippen LogP contribution in [0.15, 0.2) is 42.5 Å². The fraction of sp³-hybridized carbons (Fsp3) is 0.167. The Morgan fingerprint density at radius 1 is 0.952 bits per heavy atom. The fourth-order valence-electron chi connectivity index (χ4n) is 2.66. The highest BCUT2D eigenvalue weighted by molar-refractivity contribution is 5.96. The summed E-state index contributed by atoms with van der Waals surface area (Å²) in [6, 6.07) is 14.2. The molecule has 0 fully saturated rings. The maximum atomic E-state index is 11.2. The van der Waals surface area contributed by atoms with Crippen LogP contribution in [0, 0.1) is 13.8 Å². The molecule has 1 heterocycles. The number of carbonyl (C=O) groups is 1. The van der Waals surface area contributed by atoms with Crippen molar-refractivity contribution in [1.29, 1.82) is 0 Å². The van der Waals surface area contributed by atoms with Gasteiger partial charge >= 0.3 is 5.97 Å². The van der Waals surface area contributed by atoms with Gasteiger partial charge in [0.2, 0.25) is 0 Å².